The van der Waals surface area contributed by atoms with Gasteiger partial charge in [-0.15, -0.1) is 0 Å². The number of nitrogens with two attached hydrogens (primary N) is 9. The van der Waals surface area contributed by atoms with Crippen LogP contribution in [0.1, 0.15) is 210 Å². The largest absolute Gasteiger partial charge is 0.494 e. The maximum atomic E-state index is 13.4. The van der Waals surface area contributed by atoms with Gasteiger partial charge in [-0.1, -0.05) is 173 Å². The van der Waals surface area contributed by atoms with Gasteiger partial charge in [0.1, 0.15) is 5.75 Å². The Hall–Kier alpha value is -6.72. The molecule has 3 fully saturated rings. The second kappa shape index (κ2) is 54.3. The average Bonchev–Trinajstić information content (AvgIpc) is 0.826. The van der Waals surface area contributed by atoms with Crippen LogP contribution in [0.15, 0.2) is 77.7 Å². The number of benzene rings is 3. The van der Waals surface area contributed by atoms with Gasteiger partial charge in [-0.3, -0.25) is 38.4 Å². The first-order chi connectivity index (χ1) is 54.5. The maximum absolute atomic E-state index is 13.4. The molecule has 0 saturated heterocycles. The number of rotatable bonds is 50. The third-order valence-electron chi connectivity index (χ3n) is 21.8. The molecule has 5 amide bonds. The SMILES string of the molecule is CC(C)c1ccc(CC(=O)[C@H](CCC2CCCCC2)NC(=O)[C@@H](N)CC(=O)N(CCN)CCN)cc1.CCN(CC)S(=O)(=O)c1ccc(CCC(=O)[C@H](CCC2CCCCC2)NC(=O)[C@@H](N)CC(=O)N(CCN)CCN)cc1.CCOc1ccc(CC(=O)[C@H](CC2CCCCC2)NC(=O)[C@@H](N)CS(=O)(=O)N(CCN)CCN)cc1. The second-order valence-electron chi connectivity index (χ2n) is 30.9. The number of ether oxygens (including phenoxy) is 1. The van der Waals surface area contributed by atoms with E-state index in [2.05, 4.69) is 41.9 Å². The number of sulfonamides is 2. The van der Waals surface area contributed by atoms with Crippen molar-refractivity contribution in [2.24, 2.45) is 69.4 Å². The molecular formula is C83H142N16O13S2. The van der Waals surface area contributed by atoms with E-state index in [0.29, 0.717) is 108 Å². The first-order valence-electron chi connectivity index (χ1n) is 41.9. The topological polar surface area (TPSA) is 497 Å². The molecule has 114 heavy (non-hydrogen) atoms. The molecule has 0 aliphatic heterocycles. The van der Waals surface area contributed by atoms with Gasteiger partial charge in [-0.2, -0.15) is 8.61 Å². The van der Waals surface area contributed by atoms with Crippen molar-refractivity contribution in [2.45, 2.75) is 249 Å². The van der Waals surface area contributed by atoms with E-state index >= 15 is 0 Å². The molecule has 0 radical (unpaired) electrons. The Morgan fingerprint density at radius 3 is 1.24 bits per heavy atom. The van der Waals surface area contributed by atoms with Crippen LogP contribution in [0.3, 0.4) is 0 Å². The number of nitrogens with one attached hydrogen (secondary N) is 3. The highest BCUT2D eigenvalue weighted by atomic mass is 32.2. The normalized spacial score (nSPS) is 16.0. The first-order valence-corrected chi connectivity index (χ1v) is 45.0. The molecule has 21 N–H and O–H groups in total. The number of amides is 5. The minimum atomic E-state index is -3.84. The van der Waals surface area contributed by atoms with Crippen LogP contribution in [0.25, 0.3) is 0 Å². The molecule has 6 rings (SSSR count). The van der Waals surface area contributed by atoms with E-state index in [1.807, 2.05) is 43.3 Å². The third-order valence-corrected chi connectivity index (χ3v) is 25.8. The summed E-state index contributed by atoms with van der Waals surface area (Å²) in [7, 11) is -7.40. The molecule has 3 aromatic carbocycles. The molecule has 0 spiro atoms. The molecule has 0 unspecified atom stereocenters. The van der Waals surface area contributed by atoms with Gasteiger partial charge >= 0.3 is 0 Å². The van der Waals surface area contributed by atoms with Crippen molar-refractivity contribution < 1.29 is 59.9 Å². The highest BCUT2D eigenvalue weighted by Gasteiger charge is 2.34. The van der Waals surface area contributed by atoms with Crippen molar-refractivity contribution >= 4 is 66.9 Å². The minimum Gasteiger partial charge on any atom is -0.494 e. The fraction of sp³-hybridized carbons (Fsp3) is 0.687. The van der Waals surface area contributed by atoms with Crippen molar-refractivity contribution in [2.75, 3.05) is 104 Å². The van der Waals surface area contributed by atoms with E-state index in [-0.39, 0.29) is 105 Å². The summed E-state index contributed by atoms with van der Waals surface area (Å²) >= 11 is 0. The van der Waals surface area contributed by atoms with E-state index < -0.39 is 79.8 Å². The standard InChI is InChI=1S/C30H52N6O5S.C28H47N5O3.C25H43N5O5S/c1-3-36(4-2)42(40,41)25-14-10-24(11-15-25)13-17-28(37)27(16-12-23-8-6-5-7-9-23)34-30(39)26(33)22-29(38)35(20-18-31)21-19-32;1-20(2)23-11-8-22(9-12-23)18-26(34)25(13-10-21-6-4-3-5-7-21)32-28(36)24(31)19-27(35)33(16-14-29)17-15-30;1-2-35-21-10-8-20(9-11-21)17-24(31)23(16-19-6-4-3-5-7-19)29-25(32)22(28)18-36(33,34)30(14-12-26)15-13-27/h10-11,14-15,23,26-27H,3-9,12-13,16-22,31-33H2,1-2H3,(H,34,39);8-9,11-12,20-21,24-25H,3-7,10,13-19,29-31H2,1-2H3,(H,32,36);8-11,19,22-23H,2-7,12-18,26-28H2,1H3,(H,29,32)/t26-,27-;24-,25-;22-,23-/m000/s1. The van der Waals surface area contributed by atoms with Crippen LogP contribution < -0.4 is 72.3 Å². The molecule has 3 aliphatic carbocycles. The summed E-state index contributed by atoms with van der Waals surface area (Å²) in [6.07, 6.45) is 21.4. The number of hydrogen-bond donors (Lipinski definition) is 12. The van der Waals surface area contributed by atoms with E-state index in [1.165, 1.54) is 77.5 Å². The summed E-state index contributed by atoms with van der Waals surface area (Å²) in [5, 5.41) is 8.49. The number of Topliss-reactive ketones (excluding diaryl/α,β-unsaturated/α-hetero) is 3. The Morgan fingerprint density at radius 2 is 0.833 bits per heavy atom. The fourth-order valence-electron chi connectivity index (χ4n) is 15.0. The van der Waals surface area contributed by atoms with Gasteiger partial charge in [0.2, 0.25) is 49.6 Å². The predicted octanol–water partition coefficient (Wildman–Crippen LogP) is 4.29. The molecule has 0 heterocycles. The molecule has 3 saturated carbocycles. The van der Waals surface area contributed by atoms with E-state index in [4.69, 9.17) is 56.3 Å². The molecule has 0 aromatic heterocycles. The van der Waals surface area contributed by atoms with E-state index in [1.54, 1.807) is 38.1 Å². The molecule has 0 bridgehead atoms. The van der Waals surface area contributed by atoms with E-state index in [0.717, 1.165) is 78.1 Å². The van der Waals surface area contributed by atoms with Gasteiger partial charge < -0.3 is 82.1 Å². The third kappa shape index (κ3) is 36.0. The number of nitrogens with zero attached hydrogens (tertiary/aromatic N) is 4. The average molecular weight is 1640 g/mol. The number of ketones is 3. The van der Waals surface area contributed by atoms with Gasteiger partial charge in [-0.05, 0) is 116 Å². The number of hydrogen-bond acceptors (Lipinski definition) is 22. The Morgan fingerprint density at radius 1 is 0.456 bits per heavy atom. The fourth-order valence-corrected chi connectivity index (χ4v) is 18.1. The summed E-state index contributed by atoms with van der Waals surface area (Å²) in [5.41, 5.74) is 55.4. The molecule has 6 atom stereocenters. The van der Waals surface area contributed by atoms with Crippen LogP contribution in [0.2, 0.25) is 0 Å². The first kappa shape index (κ1) is 99.6. The lowest BCUT2D eigenvalue weighted by Crippen LogP contribution is -2.53. The van der Waals surface area contributed by atoms with E-state index in [9.17, 15) is 55.2 Å². The summed E-state index contributed by atoms with van der Waals surface area (Å²) in [4.78, 5) is 107. The van der Waals surface area contributed by atoms with Gasteiger partial charge in [0.15, 0.2) is 17.3 Å². The van der Waals surface area contributed by atoms with Crippen molar-refractivity contribution in [1.29, 1.82) is 0 Å². The van der Waals surface area contributed by atoms with Gasteiger partial charge in [-0.25, -0.2) is 16.8 Å². The highest BCUT2D eigenvalue weighted by molar-refractivity contribution is 7.89. The van der Waals surface area contributed by atoms with Crippen LogP contribution in [-0.4, -0.2) is 222 Å². The quantitative estimate of drug-likeness (QED) is 0.0375. The van der Waals surface area contributed by atoms with Crippen LogP contribution in [0.5, 0.6) is 5.75 Å². The Labute approximate surface area is 680 Å². The Balaban J connectivity index is 0.000000362. The lowest BCUT2D eigenvalue weighted by atomic mass is 9.83. The van der Waals surface area contributed by atoms with Gasteiger partial charge in [0.25, 0.3) is 0 Å². The second-order valence-corrected chi connectivity index (χ2v) is 34.9. The van der Waals surface area contributed by atoms with Crippen LogP contribution >= 0.6 is 0 Å². The van der Waals surface area contributed by atoms with Crippen molar-refractivity contribution in [3.63, 3.8) is 0 Å². The summed E-state index contributed by atoms with van der Waals surface area (Å²) in [6.45, 7) is 14.1. The zero-order chi connectivity index (χ0) is 84.2. The van der Waals surface area contributed by atoms with Crippen molar-refractivity contribution in [3.05, 3.63) is 95.1 Å². The molecule has 644 valence electrons. The number of carbonyl (C=O) groups excluding carboxylic acids is 8. The van der Waals surface area contributed by atoms with Gasteiger partial charge in [0, 0.05) is 111 Å². The smallest absolute Gasteiger partial charge is 0.243 e. The van der Waals surface area contributed by atoms with Gasteiger partial charge in [0.05, 0.1) is 66.3 Å². The lowest BCUT2D eigenvalue weighted by Gasteiger charge is -2.28. The maximum Gasteiger partial charge on any atom is 0.243 e. The zero-order valence-electron chi connectivity index (χ0n) is 69.0. The summed E-state index contributed by atoms with van der Waals surface area (Å²) < 4.78 is 59.1. The van der Waals surface area contributed by atoms with Crippen LogP contribution in [0, 0.1) is 17.8 Å². The highest BCUT2D eigenvalue weighted by Crippen LogP contribution is 2.31. The van der Waals surface area contributed by atoms with Crippen molar-refractivity contribution in [3.8, 4) is 5.75 Å². The molecule has 31 heteroatoms. The summed E-state index contributed by atoms with van der Waals surface area (Å²) in [6, 6.07) is 16.5. The minimum absolute atomic E-state index is 0.0251. The van der Waals surface area contributed by atoms with Crippen molar-refractivity contribution in [1.82, 2.24) is 34.4 Å². The Kier molecular flexibility index (Phi) is 47.5. The number of carbonyl (C=O) groups is 8. The lowest BCUT2D eigenvalue weighted by molar-refractivity contribution is -0.135. The number of aryl methyl sites for hydroxylation is 1. The summed E-state index contributed by atoms with van der Waals surface area (Å²) in [5.74, 6) is -0.450. The monoisotopic (exact) mass is 1640 g/mol. The molecule has 3 aromatic rings. The van der Waals surface area contributed by atoms with Crippen LogP contribution in [-0.2, 0) is 77.7 Å². The van der Waals surface area contributed by atoms with Crippen LogP contribution in [0.4, 0.5) is 0 Å². The molecule has 3 aliphatic rings. The zero-order valence-corrected chi connectivity index (χ0v) is 70.6. The molecular weight excluding hydrogens is 1490 g/mol. The predicted molar refractivity (Wildman–Crippen MR) is 450 cm³/mol. The Bertz CT molecular complexity index is 3540. The molecule has 29 nitrogen and oxygen atoms in total.